The first kappa shape index (κ1) is 15.2. The van der Waals surface area contributed by atoms with Crippen molar-refractivity contribution < 1.29 is 8.78 Å². The Hall–Kier alpha value is -1.16. The summed E-state index contributed by atoms with van der Waals surface area (Å²) >= 11 is 11.9. The molecule has 1 N–H and O–H groups in total. The van der Waals surface area contributed by atoms with Crippen LogP contribution in [0.15, 0.2) is 36.4 Å². The summed E-state index contributed by atoms with van der Waals surface area (Å²) < 4.78 is 27.4. The van der Waals surface area contributed by atoms with Gasteiger partial charge in [0.15, 0.2) is 11.6 Å². The van der Waals surface area contributed by atoms with Crippen LogP contribution < -0.4 is 5.32 Å². The molecule has 0 aliphatic rings. The second kappa shape index (κ2) is 6.53. The van der Waals surface area contributed by atoms with Crippen LogP contribution in [0.4, 0.5) is 8.78 Å². The standard InChI is InChI=1S/C15H13Cl2F2N/c1-2-20-15(9-6-7-11(16)12(17)8-9)10-4-3-5-13(18)14(10)19/h3-8,15,20H,2H2,1H3. The molecule has 0 aromatic heterocycles. The van der Waals surface area contributed by atoms with Crippen LogP contribution in [0, 0.1) is 11.6 Å². The number of benzene rings is 2. The van der Waals surface area contributed by atoms with Gasteiger partial charge in [0.05, 0.1) is 16.1 Å². The zero-order valence-corrected chi connectivity index (χ0v) is 12.3. The van der Waals surface area contributed by atoms with Gasteiger partial charge in [0, 0.05) is 5.56 Å². The molecular formula is C15H13Cl2F2N. The van der Waals surface area contributed by atoms with Crippen LogP contribution in [0.5, 0.6) is 0 Å². The smallest absolute Gasteiger partial charge is 0.163 e. The highest BCUT2D eigenvalue weighted by Gasteiger charge is 2.19. The van der Waals surface area contributed by atoms with Gasteiger partial charge in [-0.2, -0.15) is 0 Å². The molecule has 1 unspecified atom stereocenters. The summed E-state index contributed by atoms with van der Waals surface area (Å²) in [5, 5.41) is 3.92. The first-order valence-electron chi connectivity index (χ1n) is 6.16. The number of hydrogen-bond acceptors (Lipinski definition) is 1. The fraction of sp³-hybridized carbons (Fsp3) is 0.200. The largest absolute Gasteiger partial charge is 0.306 e. The van der Waals surface area contributed by atoms with Crippen LogP contribution in [0.2, 0.25) is 10.0 Å². The quantitative estimate of drug-likeness (QED) is 0.840. The second-order valence-corrected chi connectivity index (χ2v) is 5.12. The minimum absolute atomic E-state index is 0.241. The van der Waals surface area contributed by atoms with E-state index in [1.807, 2.05) is 6.92 Å². The fourth-order valence-corrected chi connectivity index (χ4v) is 2.35. The van der Waals surface area contributed by atoms with Gasteiger partial charge in [0.1, 0.15) is 0 Å². The molecule has 0 bridgehead atoms. The maximum atomic E-state index is 14.0. The van der Waals surface area contributed by atoms with Gasteiger partial charge >= 0.3 is 0 Å². The Bertz CT molecular complexity index is 617. The minimum Gasteiger partial charge on any atom is -0.306 e. The molecule has 0 fully saturated rings. The number of halogens is 4. The molecule has 0 spiro atoms. The zero-order valence-electron chi connectivity index (χ0n) is 10.8. The molecule has 1 nitrogen and oxygen atoms in total. The van der Waals surface area contributed by atoms with Crippen LogP contribution in [0.1, 0.15) is 24.1 Å². The summed E-state index contributed by atoms with van der Waals surface area (Å²) in [6.07, 6.45) is 0. The van der Waals surface area contributed by atoms with Gasteiger partial charge in [0.25, 0.3) is 0 Å². The van der Waals surface area contributed by atoms with Crippen molar-refractivity contribution in [2.75, 3.05) is 6.54 Å². The zero-order chi connectivity index (χ0) is 14.7. The molecule has 0 aliphatic carbocycles. The summed E-state index contributed by atoms with van der Waals surface area (Å²) in [5.41, 5.74) is 0.969. The average Bonchev–Trinajstić information content (AvgIpc) is 2.43. The molecule has 0 aliphatic heterocycles. The number of hydrogen-bond donors (Lipinski definition) is 1. The lowest BCUT2D eigenvalue weighted by Gasteiger charge is -2.20. The van der Waals surface area contributed by atoms with E-state index < -0.39 is 17.7 Å². The molecule has 0 saturated carbocycles. The highest BCUT2D eigenvalue weighted by Crippen LogP contribution is 2.30. The van der Waals surface area contributed by atoms with E-state index in [0.29, 0.717) is 16.6 Å². The maximum absolute atomic E-state index is 14.0. The van der Waals surface area contributed by atoms with Crippen LogP contribution >= 0.6 is 23.2 Å². The predicted octanol–water partition coefficient (Wildman–Crippen LogP) is 4.97. The van der Waals surface area contributed by atoms with Gasteiger partial charge in [0.2, 0.25) is 0 Å². The van der Waals surface area contributed by atoms with Crippen molar-refractivity contribution in [3.63, 3.8) is 0 Å². The molecule has 2 aromatic carbocycles. The fourth-order valence-electron chi connectivity index (χ4n) is 2.05. The summed E-state index contributed by atoms with van der Waals surface area (Å²) in [5.74, 6) is -1.73. The Morgan fingerprint density at radius 2 is 1.85 bits per heavy atom. The van der Waals surface area contributed by atoms with E-state index in [2.05, 4.69) is 5.32 Å². The monoisotopic (exact) mass is 315 g/mol. The van der Waals surface area contributed by atoms with E-state index in [4.69, 9.17) is 23.2 Å². The first-order valence-corrected chi connectivity index (χ1v) is 6.92. The lowest BCUT2D eigenvalue weighted by Crippen LogP contribution is -2.23. The van der Waals surface area contributed by atoms with Gasteiger partial charge < -0.3 is 5.32 Å². The van der Waals surface area contributed by atoms with Gasteiger partial charge in [-0.3, -0.25) is 0 Å². The van der Waals surface area contributed by atoms with Gasteiger partial charge in [-0.25, -0.2) is 8.78 Å². The van der Waals surface area contributed by atoms with Crippen molar-refractivity contribution in [2.24, 2.45) is 0 Å². The lowest BCUT2D eigenvalue weighted by molar-refractivity contribution is 0.483. The van der Waals surface area contributed by atoms with E-state index in [-0.39, 0.29) is 5.56 Å². The highest BCUT2D eigenvalue weighted by molar-refractivity contribution is 6.42. The van der Waals surface area contributed by atoms with Crippen LogP contribution in [-0.4, -0.2) is 6.54 Å². The molecular weight excluding hydrogens is 303 g/mol. The van der Waals surface area contributed by atoms with E-state index in [9.17, 15) is 8.78 Å². The summed E-state index contributed by atoms with van der Waals surface area (Å²) in [4.78, 5) is 0. The third-order valence-electron chi connectivity index (χ3n) is 2.98. The number of rotatable bonds is 4. The Morgan fingerprint density at radius 3 is 2.50 bits per heavy atom. The summed E-state index contributed by atoms with van der Waals surface area (Å²) in [7, 11) is 0. The molecule has 0 amide bonds. The van der Waals surface area contributed by atoms with E-state index in [0.717, 1.165) is 11.6 Å². The highest BCUT2D eigenvalue weighted by atomic mass is 35.5. The molecule has 1 atom stereocenters. The Labute approximate surface area is 126 Å². The first-order chi connectivity index (χ1) is 9.54. The molecule has 0 saturated heterocycles. The molecule has 5 heteroatoms. The Balaban J connectivity index is 2.50. The normalized spacial score (nSPS) is 12.4. The SMILES string of the molecule is CCNC(c1ccc(Cl)c(Cl)c1)c1cccc(F)c1F. The predicted molar refractivity (Wildman–Crippen MR) is 78.3 cm³/mol. The maximum Gasteiger partial charge on any atom is 0.163 e. The molecule has 2 rings (SSSR count). The van der Waals surface area contributed by atoms with E-state index in [1.54, 1.807) is 24.3 Å². The van der Waals surface area contributed by atoms with Crippen molar-refractivity contribution in [2.45, 2.75) is 13.0 Å². The van der Waals surface area contributed by atoms with Gasteiger partial charge in [-0.05, 0) is 30.3 Å². The van der Waals surface area contributed by atoms with Gasteiger partial charge in [-0.15, -0.1) is 0 Å². The Kier molecular flexibility index (Phi) is 4.97. The molecule has 0 radical (unpaired) electrons. The molecule has 2 aromatic rings. The lowest BCUT2D eigenvalue weighted by atomic mass is 9.98. The topological polar surface area (TPSA) is 12.0 Å². The van der Waals surface area contributed by atoms with E-state index >= 15 is 0 Å². The van der Waals surface area contributed by atoms with Crippen molar-refractivity contribution in [1.82, 2.24) is 5.32 Å². The minimum atomic E-state index is -0.870. The van der Waals surface area contributed by atoms with Crippen molar-refractivity contribution in [3.8, 4) is 0 Å². The van der Waals surface area contributed by atoms with Crippen LogP contribution in [0.3, 0.4) is 0 Å². The van der Waals surface area contributed by atoms with Crippen molar-refractivity contribution in [1.29, 1.82) is 0 Å². The number of nitrogens with one attached hydrogen (secondary N) is 1. The van der Waals surface area contributed by atoms with E-state index in [1.165, 1.54) is 6.07 Å². The molecule has 106 valence electrons. The second-order valence-electron chi connectivity index (χ2n) is 4.31. The van der Waals surface area contributed by atoms with Crippen molar-refractivity contribution >= 4 is 23.2 Å². The van der Waals surface area contributed by atoms with Gasteiger partial charge in [-0.1, -0.05) is 48.3 Å². The summed E-state index contributed by atoms with van der Waals surface area (Å²) in [6.45, 7) is 2.49. The van der Waals surface area contributed by atoms with Crippen LogP contribution in [-0.2, 0) is 0 Å². The Morgan fingerprint density at radius 1 is 1.10 bits per heavy atom. The molecule has 0 heterocycles. The summed E-state index contributed by atoms with van der Waals surface area (Å²) in [6, 6.07) is 8.68. The third kappa shape index (κ3) is 3.11. The average molecular weight is 316 g/mol. The molecule has 20 heavy (non-hydrogen) atoms. The van der Waals surface area contributed by atoms with Crippen LogP contribution in [0.25, 0.3) is 0 Å². The third-order valence-corrected chi connectivity index (χ3v) is 3.72. The van der Waals surface area contributed by atoms with Crippen molar-refractivity contribution in [3.05, 3.63) is 69.2 Å².